The predicted molar refractivity (Wildman–Crippen MR) is 57.5 cm³/mol. The zero-order valence-electron chi connectivity index (χ0n) is 9.17. The molecule has 0 aliphatic heterocycles. The number of nitrogens with two attached hydrogens (primary N) is 1. The van der Waals surface area contributed by atoms with Crippen LogP contribution in [0, 0.1) is 11.6 Å². The summed E-state index contributed by atoms with van der Waals surface area (Å²) in [4.78, 5) is 0. The van der Waals surface area contributed by atoms with E-state index in [-0.39, 0.29) is 6.04 Å². The summed E-state index contributed by atoms with van der Waals surface area (Å²) in [7, 11) is 0. The highest BCUT2D eigenvalue weighted by Gasteiger charge is 2.11. The molecule has 16 heavy (non-hydrogen) atoms. The summed E-state index contributed by atoms with van der Waals surface area (Å²) < 4.78 is 31.1. The molecule has 5 heteroatoms. The van der Waals surface area contributed by atoms with Crippen LogP contribution in [0.15, 0.2) is 18.2 Å². The average molecular weight is 230 g/mol. The van der Waals surface area contributed by atoms with Gasteiger partial charge in [-0.15, -0.1) is 0 Å². The third kappa shape index (κ3) is 3.84. The highest BCUT2D eigenvalue weighted by Crippen LogP contribution is 2.18. The fourth-order valence-electron chi connectivity index (χ4n) is 1.47. The second-order valence-corrected chi connectivity index (χ2v) is 3.41. The van der Waals surface area contributed by atoms with E-state index >= 15 is 0 Å². The van der Waals surface area contributed by atoms with Gasteiger partial charge in [0.25, 0.3) is 0 Å². The molecule has 0 aliphatic rings. The van der Waals surface area contributed by atoms with E-state index in [1.165, 1.54) is 12.1 Å². The van der Waals surface area contributed by atoms with Gasteiger partial charge in [0.2, 0.25) is 0 Å². The third-order valence-electron chi connectivity index (χ3n) is 2.24. The molecule has 0 spiro atoms. The van der Waals surface area contributed by atoms with Gasteiger partial charge in [-0.25, -0.2) is 8.78 Å². The van der Waals surface area contributed by atoms with E-state index in [0.717, 1.165) is 6.07 Å². The summed E-state index contributed by atoms with van der Waals surface area (Å²) in [5.41, 5.74) is 3.00. The second kappa shape index (κ2) is 6.52. The van der Waals surface area contributed by atoms with Crippen molar-refractivity contribution in [3.8, 4) is 0 Å². The Labute approximate surface area is 93.6 Å². The smallest absolute Gasteiger partial charge is 0.126 e. The molecule has 1 atom stereocenters. The monoisotopic (exact) mass is 230 g/mol. The van der Waals surface area contributed by atoms with Crippen LogP contribution < -0.4 is 11.3 Å². The van der Waals surface area contributed by atoms with Crippen molar-refractivity contribution in [2.24, 2.45) is 5.84 Å². The molecule has 0 aliphatic carbocycles. The lowest BCUT2D eigenvalue weighted by molar-refractivity contribution is 0.136. The first-order valence-electron chi connectivity index (χ1n) is 5.17. The Balaban J connectivity index is 2.70. The standard InChI is InChI=1S/C11H16F2N2O/c1-2-16-4-3-11(15-14)8-5-9(12)7-10(13)6-8/h5-7,11,15H,2-4,14H2,1H3. The molecule has 1 aromatic rings. The van der Waals surface area contributed by atoms with Crippen molar-refractivity contribution in [2.75, 3.05) is 13.2 Å². The molecular formula is C11H16F2N2O. The molecule has 0 saturated carbocycles. The minimum Gasteiger partial charge on any atom is -0.382 e. The number of halogens is 2. The van der Waals surface area contributed by atoms with Crippen LogP contribution in [-0.4, -0.2) is 13.2 Å². The largest absolute Gasteiger partial charge is 0.382 e. The fraction of sp³-hybridized carbons (Fsp3) is 0.455. The Morgan fingerprint density at radius 1 is 1.31 bits per heavy atom. The molecule has 0 bridgehead atoms. The van der Waals surface area contributed by atoms with Crippen molar-refractivity contribution in [3.63, 3.8) is 0 Å². The topological polar surface area (TPSA) is 47.3 Å². The van der Waals surface area contributed by atoms with Crippen molar-refractivity contribution >= 4 is 0 Å². The molecule has 0 amide bonds. The number of rotatable bonds is 6. The van der Waals surface area contributed by atoms with Gasteiger partial charge < -0.3 is 4.74 Å². The first-order valence-corrected chi connectivity index (χ1v) is 5.17. The molecule has 0 saturated heterocycles. The van der Waals surface area contributed by atoms with Crippen LogP contribution in [-0.2, 0) is 4.74 Å². The predicted octanol–water partition coefficient (Wildman–Crippen LogP) is 1.90. The molecular weight excluding hydrogens is 214 g/mol. The van der Waals surface area contributed by atoms with E-state index in [4.69, 9.17) is 10.6 Å². The zero-order chi connectivity index (χ0) is 12.0. The quantitative estimate of drug-likeness (QED) is 0.446. The van der Waals surface area contributed by atoms with Gasteiger partial charge in [0.05, 0.1) is 0 Å². The van der Waals surface area contributed by atoms with Crippen LogP contribution >= 0.6 is 0 Å². The van der Waals surface area contributed by atoms with E-state index < -0.39 is 11.6 Å². The van der Waals surface area contributed by atoms with Crippen molar-refractivity contribution < 1.29 is 13.5 Å². The molecule has 3 N–H and O–H groups in total. The maximum absolute atomic E-state index is 13.0. The summed E-state index contributed by atoms with van der Waals surface area (Å²) in [6.45, 7) is 2.98. The van der Waals surface area contributed by atoms with Crippen LogP contribution in [0.1, 0.15) is 24.9 Å². The minimum atomic E-state index is -0.605. The van der Waals surface area contributed by atoms with Gasteiger partial charge in [-0.3, -0.25) is 11.3 Å². The maximum atomic E-state index is 13.0. The van der Waals surface area contributed by atoms with Crippen LogP contribution in [0.5, 0.6) is 0 Å². The highest BCUT2D eigenvalue weighted by atomic mass is 19.1. The maximum Gasteiger partial charge on any atom is 0.126 e. The summed E-state index contributed by atoms with van der Waals surface area (Å²) >= 11 is 0. The Bertz CT molecular complexity index is 314. The van der Waals surface area contributed by atoms with Gasteiger partial charge in [0, 0.05) is 25.3 Å². The highest BCUT2D eigenvalue weighted by molar-refractivity contribution is 5.21. The Morgan fingerprint density at radius 3 is 2.44 bits per heavy atom. The molecule has 1 unspecified atom stereocenters. The first-order chi connectivity index (χ1) is 7.67. The Morgan fingerprint density at radius 2 is 1.94 bits per heavy atom. The number of benzene rings is 1. The Hall–Kier alpha value is -1.04. The summed E-state index contributed by atoms with van der Waals surface area (Å²) in [6, 6.07) is 3.05. The van der Waals surface area contributed by atoms with Gasteiger partial charge in [0.15, 0.2) is 0 Å². The van der Waals surface area contributed by atoms with Crippen LogP contribution in [0.2, 0.25) is 0 Å². The van der Waals surface area contributed by atoms with Crippen LogP contribution in [0.25, 0.3) is 0 Å². The van der Waals surface area contributed by atoms with E-state index in [0.29, 0.717) is 25.2 Å². The SMILES string of the molecule is CCOCCC(NN)c1cc(F)cc(F)c1. The van der Waals surface area contributed by atoms with E-state index in [1.807, 2.05) is 6.92 Å². The second-order valence-electron chi connectivity index (χ2n) is 3.41. The molecule has 0 radical (unpaired) electrons. The van der Waals surface area contributed by atoms with Crippen molar-refractivity contribution in [3.05, 3.63) is 35.4 Å². The number of hydrogen-bond donors (Lipinski definition) is 2. The number of nitrogens with one attached hydrogen (secondary N) is 1. The molecule has 3 nitrogen and oxygen atoms in total. The normalized spacial score (nSPS) is 12.8. The van der Waals surface area contributed by atoms with Crippen LogP contribution in [0.3, 0.4) is 0 Å². The lowest BCUT2D eigenvalue weighted by Gasteiger charge is -2.16. The molecule has 1 aromatic carbocycles. The molecule has 0 aromatic heterocycles. The van der Waals surface area contributed by atoms with Crippen molar-refractivity contribution in [1.82, 2.24) is 5.43 Å². The van der Waals surface area contributed by atoms with Crippen molar-refractivity contribution in [1.29, 1.82) is 0 Å². The molecule has 90 valence electrons. The van der Waals surface area contributed by atoms with E-state index in [1.54, 1.807) is 0 Å². The van der Waals surface area contributed by atoms with Crippen LogP contribution in [0.4, 0.5) is 8.78 Å². The van der Waals surface area contributed by atoms with Gasteiger partial charge in [-0.05, 0) is 31.0 Å². The molecule has 0 fully saturated rings. The number of hydrazine groups is 1. The fourth-order valence-corrected chi connectivity index (χ4v) is 1.47. The lowest BCUT2D eigenvalue weighted by atomic mass is 10.0. The summed E-state index contributed by atoms with van der Waals surface area (Å²) in [5, 5.41) is 0. The zero-order valence-corrected chi connectivity index (χ0v) is 9.17. The summed E-state index contributed by atoms with van der Waals surface area (Å²) in [6.07, 6.45) is 0.563. The van der Waals surface area contributed by atoms with Crippen molar-refractivity contribution in [2.45, 2.75) is 19.4 Å². The average Bonchev–Trinajstić information content (AvgIpc) is 2.23. The Kier molecular flexibility index (Phi) is 5.31. The lowest BCUT2D eigenvalue weighted by Crippen LogP contribution is -2.29. The first kappa shape index (κ1) is 13.0. The van der Waals surface area contributed by atoms with Gasteiger partial charge in [0.1, 0.15) is 11.6 Å². The van der Waals surface area contributed by atoms with Gasteiger partial charge in [-0.1, -0.05) is 0 Å². The molecule has 1 rings (SSSR count). The summed E-state index contributed by atoms with van der Waals surface area (Å²) in [5.74, 6) is 4.13. The van der Waals surface area contributed by atoms with E-state index in [9.17, 15) is 8.78 Å². The molecule has 0 heterocycles. The number of hydrogen-bond acceptors (Lipinski definition) is 3. The van der Waals surface area contributed by atoms with Gasteiger partial charge >= 0.3 is 0 Å². The third-order valence-corrected chi connectivity index (χ3v) is 2.24. The van der Waals surface area contributed by atoms with E-state index in [2.05, 4.69) is 5.43 Å². The van der Waals surface area contributed by atoms with Gasteiger partial charge in [-0.2, -0.15) is 0 Å². The number of ether oxygens (including phenoxy) is 1. The minimum absolute atomic E-state index is 0.309.